The lowest BCUT2D eigenvalue weighted by atomic mass is 9.90. The molecule has 2 aromatic rings. The summed E-state index contributed by atoms with van der Waals surface area (Å²) in [6.45, 7) is 24.7. The molecule has 1 fully saturated rings. The minimum Gasteiger partial charge on any atom is -0.496 e. The Hall–Kier alpha value is -3.02. The molecule has 1 heterocycles. The Bertz CT molecular complexity index is 1080. The predicted octanol–water partition coefficient (Wildman–Crippen LogP) is 9.33. The Balaban J connectivity index is 0.000000653. The molecular formula is C38H59FN2O2. The van der Waals surface area contributed by atoms with E-state index in [1.165, 1.54) is 57.4 Å². The van der Waals surface area contributed by atoms with Gasteiger partial charge in [-0.1, -0.05) is 72.1 Å². The van der Waals surface area contributed by atoms with E-state index in [1.807, 2.05) is 58.0 Å². The van der Waals surface area contributed by atoms with Crippen LogP contribution in [0.3, 0.4) is 0 Å². The van der Waals surface area contributed by atoms with Gasteiger partial charge in [0.1, 0.15) is 17.9 Å². The highest BCUT2D eigenvalue weighted by Gasteiger charge is 2.16. The summed E-state index contributed by atoms with van der Waals surface area (Å²) >= 11 is 0. The summed E-state index contributed by atoms with van der Waals surface area (Å²) in [5, 5.41) is 3.28. The molecule has 4 nitrogen and oxygen atoms in total. The molecule has 0 bridgehead atoms. The van der Waals surface area contributed by atoms with E-state index in [9.17, 15) is 9.18 Å². The summed E-state index contributed by atoms with van der Waals surface area (Å²) in [4.78, 5) is 13.4. The van der Waals surface area contributed by atoms with E-state index in [4.69, 9.17) is 4.74 Å². The third-order valence-corrected chi connectivity index (χ3v) is 7.11. The predicted molar refractivity (Wildman–Crippen MR) is 186 cm³/mol. The van der Waals surface area contributed by atoms with E-state index in [-0.39, 0.29) is 5.82 Å². The fourth-order valence-corrected chi connectivity index (χ4v) is 4.70. The highest BCUT2D eigenvalue weighted by atomic mass is 19.1. The van der Waals surface area contributed by atoms with E-state index in [1.54, 1.807) is 25.3 Å². The van der Waals surface area contributed by atoms with Crippen molar-refractivity contribution in [2.75, 3.05) is 40.3 Å². The average Bonchev–Trinajstić information content (AvgIpc) is 3.03. The monoisotopic (exact) mass is 594 g/mol. The van der Waals surface area contributed by atoms with Gasteiger partial charge in [-0.05, 0) is 131 Å². The zero-order valence-electron chi connectivity index (χ0n) is 28.4. The third-order valence-electron chi connectivity index (χ3n) is 7.11. The SMILES string of the molecule is C=Cc1cc(/C(=C\CC)C(=C)C=O)c(C)cc1OC.CC.CCCNCCC.CN1CCC(Cc2ccc(F)cc2)CC1. The number of nitrogens with one attached hydrogen (secondary N) is 1. The quantitative estimate of drug-likeness (QED) is 0.115. The zero-order chi connectivity index (χ0) is 32.6. The Morgan fingerprint density at radius 1 is 1.07 bits per heavy atom. The summed E-state index contributed by atoms with van der Waals surface area (Å²) in [7, 11) is 3.81. The highest BCUT2D eigenvalue weighted by Crippen LogP contribution is 2.31. The first kappa shape index (κ1) is 40.0. The molecule has 5 heteroatoms. The summed E-state index contributed by atoms with van der Waals surface area (Å²) in [6, 6.07) is 10.9. The largest absolute Gasteiger partial charge is 0.496 e. The fraction of sp³-hybridized carbons (Fsp3) is 0.500. The van der Waals surface area contributed by atoms with Gasteiger partial charge in [-0.3, -0.25) is 4.79 Å². The van der Waals surface area contributed by atoms with Gasteiger partial charge in [-0.2, -0.15) is 0 Å². The molecule has 2 aromatic carbocycles. The molecule has 1 aliphatic heterocycles. The first-order valence-electron chi connectivity index (χ1n) is 16.0. The van der Waals surface area contributed by atoms with Crippen LogP contribution in [0.5, 0.6) is 5.75 Å². The minimum absolute atomic E-state index is 0.137. The van der Waals surface area contributed by atoms with Crippen LogP contribution in [0.1, 0.15) is 89.0 Å². The number of aldehydes is 1. The molecule has 0 saturated carbocycles. The number of hydrogen-bond donors (Lipinski definition) is 1. The van der Waals surface area contributed by atoms with Crippen molar-refractivity contribution in [3.05, 3.63) is 89.3 Å². The van der Waals surface area contributed by atoms with Crippen LogP contribution < -0.4 is 10.1 Å². The van der Waals surface area contributed by atoms with Crippen molar-refractivity contribution in [1.82, 2.24) is 10.2 Å². The normalized spacial score (nSPS) is 13.3. The van der Waals surface area contributed by atoms with Crippen LogP contribution >= 0.6 is 0 Å². The second-order valence-electron chi connectivity index (χ2n) is 10.6. The lowest BCUT2D eigenvalue weighted by Gasteiger charge is -2.28. The van der Waals surface area contributed by atoms with Gasteiger partial charge in [0.15, 0.2) is 0 Å². The zero-order valence-corrected chi connectivity index (χ0v) is 28.4. The van der Waals surface area contributed by atoms with Crippen molar-refractivity contribution in [3.63, 3.8) is 0 Å². The Labute approximate surface area is 263 Å². The number of likely N-dealkylation sites (tertiary alicyclic amines) is 1. The van der Waals surface area contributed by atoms with Crippen LogP contribution in [0.25, 0.3) is 11.6 Å². The summed E-state index contributed by atoms with van der Waals surface area (Å²) in [5.41, 5.74) is 5.58. The number of piperidine rings is 1. The smallest absolute Gasteiger partial charge is 0.150 e. The number of benzene rings is 2. The fourth-order valence-electron chi connectivity index (χ4n) is 4.70. The minimum atomic E-state index is -0.137. The second kappa shape index (κ2) is 24.4. The second-order valence-corrected chi connectivity index (χ2v) is 10.6. The van der Waals surface area contributed by atoms with Crippen molar-refractivity contribution in [2.45, 2.75) is 80.1 Å². The number of carbonyl (C=O) groups excluding carboxylic acids is 1. The molecule has 1 aliphatic rings. The maximum Gasteiger partial charge on any atom is 0.150 e. The molecule has 0 aromatic heterocycles. The highest BCUT2D eigenvalue weighted by molar-refractivity contribution is 5.98. The first-order chi connectivity index (χ1) is 20.7. The molecule has 43 heavy (non-hydrogen) atoms. The molecule has 0 amide bonds. The van der Waals surface area contributed by atoms with Gasteiger partial charge in [0.2, 0.25) is 0 Å². The summed E-state index contributed by atoms with van der Waals surface area (Å²) in [6.07, 6.45) is 11.5. The lowest BCUT2D eigenvalue weighted by Crippen LogP contribution is -2.30. The molecule has 0 radical (unpaired) electrons. The molecule has 1 saturated heterocycles. The molecule has 0 atom stereocenters. The number of nitrogens with zero attached hydrogens (tertiary/aromatic N) is 1. The van der Waals surface area contributed by atoms with E-state index >= 15 is 0 Å². The van der Waals surface area contributed by atoms with Gasteiger partial charge in [-0.15, -0.1) is 0 Å². The lowest BCUT2D eigenvalue weighted by molar-refractivity contribution is -0.104. The van der Waals surface area contributed by atoms with Crippen molar-refractivity contribution >= 4 is 17.9 Å². The van der Waals surface area contributed by atoms with E-state index in [2.05, 4.69) is 44.3 Å². The molecule has 240 valence electrons. The maximum absolute atomic E-state index is 12.7. The van der Waals surface area contributed by atoms with Gasteiger partial charge in [-0.25, -0.2) is 4.39 Å². The maximum atomic E-state index is 12.7. The Kier molecular flexibility index (Phi) is 22.7. The number of carbonyl (C=O) groups is 1. The molecule has 3 rings (SSSR count). The third kappa shape index (κ3) is 15.9. The van der Waals surface area contributed by atoms with Gasteiger partial charge < -0.3 is 15.0 Å². The van der Waals surface area contributed by atoms with Crippen molar-refractivity contribution in [2.24, 2.45) is 5.92 Å². The summed E-state index contributed by atoms with van der Waals surface area (Å²) in [5.74, 6) is 1.43. The number of methoxy groups -OCH3 is 1. The van der Waals surface area contributed by atoms with Crippen LogP contribution in [0.15, 0.2) is 61.2 Å². The van der Waals surface area contributed by atoms with Crippen molar-refractivity contribution in [1.29, 1.82) is 0 Å². The number of aryl methyl sites for hydroxylation is 1. The van der Waals surface area contributed by atoms with Gasteiger partial charge in [0, 0.05) is 11.1 Å². The van der Waals surface area contributed by atoms with Crippen LogP contribution in [0.4, 0.5) is 4.39 Å². The van der Waals surface area contributed by atoms with E-state index in [0.29, 0.717) is 5.57 Å². The van der Waals surface area contributed by atoms with Crippen LogP contribution in [-0.2, 0) is 11.2 Å². The molecule has 0 spiro atoms. The Morgan fingerprint density at radius 3 is 2.12 bits per heavy atom. The van der Waals surface area contributed by atoms with Gasteiger partial charge in [0.25, 0.3) is 0 Å². The first-order valence-corrected chi connectivity index (χ1v) is 16.0. The topological polar surface area (TPSA) is 41.6 Å². The molecule has 1 N–H and O–H groups in total. The number of ether oxygens (including phenoxy) is 1. The number of hydrogen-bond acceptors (Lipinski definition) is 4. The number of halogens is 1. The van der Waals surface area contributed by atoms with E-state index in [0.717, 1.165) is 53.1 Å². The molecular weight excluding hydrogens is 535 g/mol. The number of allylic oxidation sites excluding steroid dienone is 3. The van der Waals surface area contributed by atoms with Crippen molar-refractivity contribution in [3.8, 4) is 5.75 Å². The van der Waals surface area contributed by atoms with E-state index < -0.39 is 0 Å². The average molecular weight is 595 g/mol. The van der Waals surface area contributed by atoms with Crippen LogP contribution in [-0.4, -0.2) is 51.5 Å². The number of rotatable bonds is 12. The summed E-state index contributed by atoms with van der Waals surface area (Å²) < 4.78 is 18.0. The standard InChI is InChI=1S/C17H20O2.C13H18FN.C6H15N.C2H6/c1-6-8-15(13(4)11-18)16-10-14(7-2)17(19-5)9-12(16)3;1-15-8-6-12(7-9-15)10-11-2-4-13(14)5-3-11;1-3-5-7-6-4-2;1-2/h7-11H,2,4,6H2,1,3,5H3;2-5,12H,6-10H2,1H3;7H,3-6H2,1-2H3;1-2H3/b15-8-;;;. The molecule has 0 unspecified atom stereocenters. The Morgan fingerprint density at radius 2 is 1.65 bits per heavy atom. The van der Waals surface area contributed by atoms with Crippen LogP contribution in [0, 0.1) is 18.7 Å². The van der Waals surface area contributed by atoms with Crippen LogP contribution in [0.2, 0.25) is 0 Å². The van der Waals surface area contributed by atoms with Gasteiger partial charge >= 0.3 is 0 Å². The molecule has 0 aliphatic carbocycles. The van der Waals surface area contributed by atoms with Gasteiger partial charge in [0.05, 0.1) is 7.11 Å². The van der Waals surface area contributed by atoms with Crippen molar-refractivity contribution < 1.29 is 13.9 Å².